The number of nitrogens with zero attached hydrogens (tertiary/aromatic N) is 4. The van der Waals surface area contributed by atoms with Gasteiger partial charge in [-0.1, -0.05) is 37.3 Å². The van der Waals surface area contributed by atoms with Gasteiger partial charge in [-0.25, -0.2) is 9.67 Å². The first-order valence-electron chi connectivity index (χ1n) is 10.1. The third kappa shape index (κ3) is 3.24. The average Bonchev–Trinajstić information content (AvgIpc) is 3.21. The van der Waals surface area contributed by atoms with E-state index in [-0.39, 0.29) is 17.6 Å². The molecule has 4 atom stereocenters. The second kappa shape index (κ2) is 7.55. The molecule has 4 rings (SSSR count). The van der Waals surface area contributed by atoms with Crippen LogP contribution < -0.4 is 5.32 Å². The Hall–Kier alpha value is -3.23. The Bertz CT molecular complexity index is 975. The number of hydrogen-bond acceptors (Lipinski definition) is 5. The van der Waals surface area contributed by atoms with Crippen molar-refractivity contribution in [2.45, 2.75) is 44.3 Å². The van der Waals surface area contributed by atoms with E-state index in [1.54, 1.807) is 11.7 Å². The Balaban J connectivity index is 1.43. The summed E-state index contributed by atoms with van der Waals surface area (Å²) in [5.74, 6) is -2.26. The van der Waals surface area contributed by atoms with Crippen molar-refractivity contribution in [1.29, 1.82) is 0 Å². The lowest BCUT2D eigenvalue weighted by atomic mass is 10.1. The number of likely N-dealkylation sites (N-methyl/N-ethyl adjacent to an activating group) is 1. The Morgan fingerprint density at radius 2 is 2.00 bits per heavy atom. The molecule has 0 bridgehead atoms. The van der Waals surface area contributed by atoms with Gasteiger partial charge in [-0.3, -0.25) is 14.4 Å². The zero-order chi connectivity index (χ0) is 21.5. The SMILES string of the molecule is CC[C@@]12[C@H](C(=O)O)[C@@H]1CC[C@H](NC(=O)c1ncn(Cc3ccccc3)n1)C(=O)N2C. The average molecular weight is 411 g/mol. The third-order valence-electron chi connectivity index (χ3n) is 6.56. The molecule has 0 radical (unpaired) electrons. The van der Waals surface area contributed by atoms with Crippen LogP contribution in [-0.2, 0) is 16.1 Å². The number of hydrogen-bond donors (Lipinski definition) is 2. The number of amides is 2. The standard InChI is InChI=1S/C21H25N5O4/c1-3-21-14(16(21)20(29)30)9-10-15(19(28)25(21)2)23-18(27)17-22-12-26(24-17)11-13-7-5-4-6-8-13/h4-8,12,14-16H,3,9-11H2,1-2H3,(H,23,27)(H,29,30)/t14-,15-,16-,21-/m0/s1. The summed E-state index contributed by atoms with van der Waals surface area (Å²) in [5.41, 5.74) is 0.379. The van der Waals surface area contributed by atoms with E-state index in [9.17, 15) is 19.5 Å². The summed E-state index contributed by atoms with van der Waals surface area (Å²) in [6.45, 7) is 2.39. The summed E-state index contributed by atoms with van der Waals surface area (Å²) in [6, 6.07) is 8.99. The van der Waals surface area contributed by atoms with Crippen LogP contribution in [0.15, 0.2) is 36.7 Å². The van der Waals surface area contributed by atoms with Gasteiger partial charge in [-0.15, -0.1) is 5.10 Å². The lowest BCUT2D eigenvalue weighted by Gasteiger charge is -2.30. The van der Waals surface area contributed by atoms with Crippen LogP contribution in [0.4, 0.5) is 0 Å². The predicted octanol–water partition coefficient (Wildman–Crippen LogP) is 1.16. The molecule has 1 aromatic carbocycles. The van der Waals surface area contributed by atoms with Crippen LogP contribution in [0.25, 0.3) is 0 Å². The van der Waals surface area contributed by atoms with Gasteiger partial charge in [0.15, 0.2) is 0 Å². The third-order valence-corrected chi connectivity index (χ3v) is 6.56. The predicted molar refractivity (Wildman–Crippen MR) is 106 cm³/mol. The van der Waals surface area contributed by atoms with Gasteiger partial charge in [0, 0.05) is 7.05 Å². The largest absolute Gasteiger partial charge is 0.481 e. The van der Waals surface area contributed by atoms with E-state index >= 15 is 0 Å². The first-order chi connectivity index (χ1) is 14.4. The number of carbonyl (C=O) groups excluding carboxylic acids is 2. The van der Waals surface area contributed by atoms with Crippen molar-refractivity contribution in [3.8, 4) is 0 Å². The lowest BCUT2D eigenvalue weighted by molar-refractivity contribution is -0.141. The molecule has 2 fully saturated rings. The van der Waals surface area contributed by atoms with Crippen molar-refractivity contribution in [3.63, 3.8) is 0 Å². The minimum atomic E-state index is -0.864. The number of carbonyl (C=O) groups is 3. The fourth-order valence-electron chi connectivity index (χ4n) is 4.99. The highest BCUT2D eigenvalue weighted by molar-refractivity contribution is 5.95. The molecule has 1 aliphatic heterocycles. The first kappa shape index (κ1) is 20.1. The molecule has 1 saturated heterocycles. The molecular formula is C21H25N5O4. The molecule has 2 N–H and O–H groups in total. The van der Waals surface area contributed by atoms with Gasteiger partial charge in [0.2, 0.25) is 11.7 Å². The Labute approximate surface area is 174 Å². The summed E-state index contributed by atoms with van der Waals surface area (Å²) in [6.07, 6.45) is 3.03. The zero-order valence-electron chi connectivity index (χ0n) is 17.0. The van der Waals surface area contributed by atoms with Crippen LogP contribution in [0.2, 0.25) is 0 Å². The molecule has 9 nitrogen and oxygen atoms in total. The Morgan fingerprint density at radius 3 is 2.67 bits per heavy atom. The number of carboxylic acids is 1. The monoisotopic (exact) mass is 411 g/mol. The van der Waals surface area contributed by atoms with Gasteiger partial charge >= 0.3 is 5.97 Å². The maximum Gasteiger partial charge on any atom is 0.309 e. The number of rotatable bonds is 6. The smallest absolute Gasteiger partial charge is 0.309 e. The molecule has 2 amide bonds. The fraction of sp³-hybridized carbons (Fsp3) is 0.476. The minimum Gasteiger partial charge on any atom is -0.481 e. The molecule has 2 aromatic rings. The summed E-state index contributed by atoms with van der Waals surface area (Å²) in [7, 11) is 1.64. The highest BCUT2D eigenvalue weighted by Gasteiger charge is 2.71. The fourth-order valence-corrected chi connectivity index (χ4v) is 4.99. The summed E-state index contributed by atoms with van der Waals surface area (Å²) in [4.78, 5) is 42.9. The van der Waals surface area contributed by atoms with E-state index in [2.05, 4.69) is 15.4 Å². The molecule has 0 unspecified atom stereocenters. The van der Waals surface area contributed by atoms with Gasteiger partial charge < -0.3 is 15.3 Å². The molecule has 2 aliphatic rings. The number of aliphatic carboxylic acids is 1. The van der Waals surface area contributed by atoms with Gasteiger partial charge in [0.25, 0.3) is 5.91 Å². The minimum absolute atomic E-state index is 0.00408. The second-order valence-corrected chi connectivity index (χ2v) is 8.02. The Morgan fingerprint density at radius 1 is 1.27 bits per heavy atom. The molecule has 1 aromatic heterocycles. The quantitative estimate of drug-likeness (QED) is 0.737. The highest BCUT2D eigenvalue weighted by atomic mass is 16.4. The normalized spacial score (nSPS) is 27.9. The zero-order valence-corrected chi connectivity index (χ0v) is 17.0. The molecule has 1 aliphatic carbocycles. The molecular weight excluding hydrogens is 386 g/mol. The van der Waals surface area contributed by atoms with E-state index in [0.29, 0.717) is 25.8 Å². The van der Waals surface area contributed by atoms with Crippen LogP contribution in [0.1, 0.15) is 42.4 Å². The Kier molecular flexibility index (Phi) is 5.05. The number of likely N-dealkylation sites (tertiary alicyclic amines) is 1. The van der Waals surface area contributed by atoms with Crippen LogP contribution in [0.3, 0.4) is 0 Å². The van der Waals surface area contributed by atoms with E-state index < -0.39 is 29.4 Å². The van der Waals surface area contributed by atoms with E-state index in [4.69, 9.17) is 0 Å². The van der Waals surface area contributed by atoms with Crippen molar-refractivity contribution in [2.75, 3.05) is 7.05 Å². The summed E-state index contributed by atoms with van der Waals surface area (Å²) >= 11 is 0. The highest BCUT2D eigenvalue weighted by Crippen LogP contribution is 2.60. The van der Waals surface area contributed by atoms with Crippen LogP contribution >= 0.6 is 0 Å². The second-order valence-electron chi connectivity index (χ2n) is 8.02. The van der Waals surface area contributed by atoms with Crippen molar-refractivity contribution < 1.29 is 19.5 Å². The number of fused-ring (bicyclic) bond motifs is 1. The van der Waals surface area contributed by atoms with Crippen LogP contribution in [0, 0.1) is 11.8 Å². The molecule has 0 spiro atoms. The van der Waals surface area contributed by atoms with Gasteiger partial charge in [0.05, 0.1) is 18.0 Å². The van der Waals surface area contributed by atoms with Crippen LogP contribution in [0.5, 0.6) is 0 Å². The topological polar surface area (TPSA) is 117 Å². The van der Waals surface area contributed by atoms with Crippen molar-refractivity contribution >= 4 is 17.8 Å². The van der Waals surface area contributed by atoms with Crippen LogP contribution in [-0.4, -0.2) is 61.2 Å². The summed E-state index contributed by atoms with van der Waals surface area (Å²) in [5, 5.41) is 16.5. The number of carboxylic acid groups (broad SMARTS) is 1. The number of nitrogens with one attached hydrogen (secondary N) is 1. The van der Waals surface area contributed by atoms with Crippen molar-refractivity contribution in [1.82, 2.24) is 25.0 Å². The first-order valence-corrected chi connectivity index (χ1v) is 10.1. The van der Waals surface area contributed by atoms with Gasteiger partial charge in [-0.2, -0.15) is 0 Å². The van der Waals surface area contributed by atoms with Crippen molar-refractivity contribution in [3.05, 3.63) is 48.0 Å². The van der Waals surface area contributed by atoms with Crippen molar-refractivity contribution in [2.24, 2.45) is 11.8 Å². The van der Waals surface area contributed by atoms with E-state index in [1.807, 2.05) is 37.3 Å². The molecule has 2 heterocycles. The maximum atomic E-state index is 13.0. The maximum absolute atomic E-state index is 13.0. The molecule has 1 saturated carbocycles. The van der Waals surface area contributed by atoms with Gasteiger partial charge in [0.1, 0.15) is 12.4 Å². The summed E-state index contributed by atoms with van der Waals surface area (Å²) < 4.78 is 1.57. The van der Waals surface area contributed by atoms with E-state index in [0.717, 1.165) is 5.56 Å². The lowest BCUT2D eigenvalue weighted by Crippen LogP contribution is -2.51. The molecule has 158 valence electrons. The van der Waals surface area contributed by atoms with E-state index in [1.165, 1.54) is 11.2 Å². The number of benzene rings is 1. The molecule has 30 heavy (non-hydrogen) atoms. The van der Waals surface area contributed by atoms with Gasteiger partial charge in [-0.05, 0) is 30.7 Å². The number of aromatic nitrogens is 3. The molecule has 9 heteroatoms.